The van der Waals surface area contributed by atoms with E-state index >= 15 is 0 Å². The fraction of sp³-hybridized carbons (Fsp3) is 0.714. The van der Waals surface area contributed by atoms with Crippen molar-refractivity contribution in [2.45, 2.75) is 51.3 Å². The Kier molecular flexibility index (Phi) is 4.00. The van der Waals surface area contributed by atoms with E-state index in [1.807, 2.05) is 0 Å². The van der Waals surface area contributed by atoms with Gasteiger partial charge in [0.1, 0.15) is 17.2 Å². The van der Waals surface area contributed by atoms with Gasteiger partial charge in [-0.05, 0) is 34.1 Å². The topological polar surface area (TPSA) is 116 Å². The van der Waals surface area contributed by atoms with Crippen LogP contribution in [0.2, 0.25) is 0 Å². The Morgan fingerprint density at radius 2 is 1.96 bits per heavy atom. The van der Waals surface area contributed by atoms with Gasteiger partial charge >= 0.3 is 18.1 Å². The molecule has 4 amide bonds. The van der Waals surface area contributed by atoms with Crippen molar-refractivity contribution in [2.75, 3.05) is 13.1 Å². The van der Waals surface area contributed by atoms with Crippen LogP contribution in [0.25, 0.3) is 0 Å². The van der Waals surface area contributed by atoms with E-state index in [2.05, 4.69) is 5.32 Å². The third-order valence-corrected chi connectivity index (χ3v) is 3.86. The third-order valence-electron chi connectivity index (χ3n) is 3.86. The normalized spacial score (nSPS) is 25.7. The second-order valence-corrected chi connectivity index (χ2v) is 6.85. The molecule has 2 aliphatic heterocycles. The molecule has 2 atom stereocenters. The van der Waals surface area contributed by atoms with Gasteiger partial charge in [0.2, 0.25) is 0 Å². The van der Waals surface area contributed by atoms with Crippen LogP contribution in [-0.4, -0.2) is 69.2 Å². The predicted octanol–water partition coefficient (Wildman–Crippen LogP) is 0.391. The average molecular weight is 327 g/mol. The number of hydrogen-bond acceptors (Lipinski definition) is 5. The zero-order valence-electron chi connectivity index (χ0n) is 13.6. The van der Waals surface area contributed by atoms with Gasteiger partial charge in [-0.25, -0.2) is 19.3 Å². The van der Waals surface area contributed by atoms with Crippen molar-refractivity contribution in [3.8, 4) is 0 Å². The molecular weight excluding hydrogens is 306 g/mol. The summed E-state index contributed by atoms with van der Waals surface area (Å²) in [6.45, 7) is 6.67. The number of likely N-dealkylation sites (tertiary alicyclic amines) is 1. The first-order chi connectivity index (χ1) is 10.5. The van der Waals surface area contributed by atoms with Crippen molar-refractivity contribution in [1.29, 1.82) is 0 Å². The van der Waals surface area contributed by atoms with Gasteiger partial charge in [-0.3, -0.25) is 4.79 Å². The molecule has 2 fully saturated rings. The number of amides is 4. The number of nitrogens with one attached hydrogen (secondary N) is 1. The number of carbonyl (C=O) groups is 4. The number of imide groups is 1. The van der Waals surface area contributed by atoms with Gasteiger partial charge in [-0.15, -0.1) is 0 Å². The summed E-state index contributed by atoms with van der Waals surface area (Å²) in [4.78, 5) is 49.7. The Hall–Kier alpha value is -2.32. The average Bonchev–Trinajstić information content (AvgIpc) is 2.91. The van der Waals surface area contributed by atoms with E-state index < -0.39 is 41.2 Å². The van der Waals surface area contributed by atoms with Crippen LogP contribution < -0.4 is 5.32 Å². The summed E-state index contributed by atoms with van der Waals surface area (Å²) < 4.78 is 5.25. The first-order valence-electron chi connectivity index (χ1n) is 7.33. The number of nitrogens with zero attached hydrogens (tertiary/aromatic N) is 2. The summed E-state index contributed by atoms with van der Waals surface area (Å²) in [5, 5.41) is 11.6. The summed E-state index contributed by atoms with van der Waals surface area (Å²) in [5.74, 6) is -1.89. The largest absolute Gasteiger partial charge is 0.480 e. The zero-order valence-corrected chi connectivity index (χ0v) is 13.6. The first kappa shape index (κ1) is 17.0. The number of carboxylic acids is 1. The Labute approximate surface area is 133 Å². The Morgan fingerprint density at radius 1 is 1.35 bits per heavy atom. The second-order valence-electron chi connectivity index (χ2n) is 6.85. The van der Waals surface area contributed by atoms with E-state index in [0.29, 0.717) is 4.90 Å². The maximum absolute atomic E-state index is 12.5. The lowest BCUT2D eigenvalue weighted by Crippen LogP contribution is -2.51. The number of ether oxygens (including phenoxy) is 1. The molecule has 9 nitrogen and oxygen atoms in total. The van der Waals surface area contributed by atoms with E-state index in [1.54, 1.807) is 20.8 Å². The summed E-state index contributed by atoms with van der Waals surface area (Å²) in [5.41, 5.74) is -1.93. The summed E-state index contributed by atoms with van der Waals surface area (Å²) in [7, 11) is 0. The fourth-order valence-corrected chi connectivity index (χ4v) is 2.67. The molecular formula is C14H21N3O6. The molecule has 0 bridgehead atoms. The molecule has 128 valence electrons. The number of carboxylic acid groups (broad SMARTS) is 1. The van der Waals surface area contributed by atoms with Crippen LogP contribution in [0.5, 0.6) is 0 Å². The van der Waals surface area contributed by atoms with Gasteiger partial charge in [-0.1, -0.05) is 0 Å². The molecule has 23 heavy (non-hydrogen) atoms. The molecule has 2 aliphatic rings. The Balaban J connectivity index is 2.13. The van der Waals surface area contributed by atoms with Crippen LogP contribution in [0.15, 0.2) is 0 Å². The molecule has 2 saturated heterocycles. The molecule has 1 spiro atoms. The molecule has 0 aromatic heterocycles. The minimum absolute atomic E-state index is 0.0324. The lowest BCUT2D eigenvalue weighted by atomic mass is 9.98. The van der Waals surface area contributed by atoms with Crippen LogP contribution in [-0.2, 0) is 14.3 Å². The van der Waals surface area contributed by atoms with Gasteiger partial charge in [0, 0.05) is 6.54 Å². The minimum atomic E-state index is -1.27. The van der Waals surface area contributed by atoms with Crippen LogP contribution in [0.1, 0.15) is 34.1 Å². The summed E-state index contributed by atoms with van der Waals surface area (Å²) in [6, 6.07) is -2.02. The molecule has 9 heteroatoms. The van der Waals surface area contributed by atoms with Crippen LogP contribution in [0, 0.1) is 0 Å². The third kappa shape index (κ3) is 3.08. The van der Waals surface area contributed by atoms with Gasteiger partial charge in [0.25, 0.3) is 5.91 Å². The highest BCUT2D eigenvalue weighted by molar-refractivity contribution is 6.09. The van der Waals surface area contributed by atoms with Gasteiger partial charge in [0.15, 0.2) is 0 Å². The number of rotatable bonds is 2. The minimum Gasteiger partial charge on any atom is -0.480 e. The smallest absolute Gasteiger partial charge is 0.410 e. The lowest BCUT2D eigenvalue weighted by molar-refractivity contribution is -0.147. The molecule has 2 N–H and O–H groups in total. The van der Waals surface area contributed by atoms with E-state index in [4.69, 9.17) is 9.84 Å². The zero-order chi connectivity index (χ0) is 17.6. The summed E-state index contributed by atoms with van der Waals surface area (Å²) in [6.07, 6.45) is -0.346. The van der Waals surface area contributed by atoms with Crippen molar-refractivity contribution in [3.63, 3.8) is 0 Å². The van der Waals surface area contributed by atoms with Crippen molar-refractivity contribution in [3.05, 3.63) is 0 Å². The van der Waals surface area contributed by atoms with Crippen LogP contribution >= 0.6 is 0 Å². The van der Waals surface area contributed by atoms with Crippen molar-refractivity contribution in [1.82, 2.24) is 15.1 Å². The Morgan fingerprint density at radius 3 is 2.48 bits per heavy atom. The first-order valence-corrected chi connectivity index (χ1v) is 7.33. The maximum Gasteiger partial charge on any atom is 0.410 e. The van der Waals surface area contributed by atoms with Crippen molar-refractivity contribution >= 4 is 24.0 Å². The Bertz CT molecular complexity index is 569. The SMILES string of the molecule is CC(C(=O)O)N1C(=O)NC2(CCN(C(=O)OC(C)(C)C)C2)C1=O. The van der Waals surface area contributed by atoms with E-state index in [1.165, 1.54) is 11.8 Å². The number of carbonyl (C=O) groups excluding carboxylic acids is 3. The number of urea groups is 1. The van der Waals surface area contributed by atoms with Crippen molar-refractivity contribution in [2.24, 2.45) is 0 Å². The highest BCUT2D eigenvalue weighted by Gasteiger charge is 2.57. The monoisotopic (exact) mass is 327 g/mol. The van der Waals surface area contributed by atoms with E-state index in [-0.39, 0.29) is 19.5 Å². The molecule has 0 aromatic rings. The number of aliphatic carboxylic acids is 1. The molecule has 2 unspecified atom stereocenters. The second kappa shape index (κ2) is 5.39. The molecule has 0 aliphatic carbocycles. The van der Waals surface area contributed by atoms with E-state index in [9.17, 15) is 19.2 Å². The molecule has 0 aromatic carbocycles. The van der Waals surface area contributed by atoms with Crippen LogP contribution in [0.4, 0.5) is 9.59 Å². The lowest BCUT2D eigenvalue weighted by Gasteiger charge is -2.26. The predicted molar refractivity (Wildman–Crippen MR) is 77.6 cm³/mol. The summed E-state index contributed by atoms with van der Waals surface area (Å²) >= 11 is 0. The quantitative estimate of drug-likeness (QED) is 0.709. The standard InChI is InChI=1S/C14H21N3O6/c1-8(9(18)19)17-10(20)14(15-11(17)21)5-6-16(7-14)12(22)23-13(2,3)4/h8H,5-7H2,1-4H3,(H,15,21)(H,18,19). The maximum atomic E-state index is 12.5. The molecule has 2 rings (SSSR count). The van der Waals surface area contributed by atoms with Gasteiger partial charge < -0.3 is 20.1 Å². The van der Waals surface area contributed by atoms with Crippen molar-refractivity contribution < 1.29 is 29.0 Å². The highest BCUT2D eigenvalue weighted by Crippen LogP contribution is 2.30. The number of hydrogen-bond donors (Lipinski definition) is 2. The van der Waals surface area contributed by atoms with E-state index in [0.717, 1.165) is 0 Å². The molecule has 0 saturated carbocycles. The highest BCUT2D eigenvalue weighted by atomic mass is 16.6. The van der Waals surface area contributed by atoms with Gasteiger partial charge in [0.05, 0.1) is 6.54 Å². The van der Waals surface area contributed by atoms with Crippen LogP contribution in [0.3, 0.4) is 0 Å². The molecule has 0 radical (unpaired) electrons. The molecule has 2 heterocycles. The van der Waals surface area contributed by atoms with Gasteiger partial charge in [-0.2, -0.15) is 0 Å². The fourth-order valence-electron chi connectivity index (χ4n) is 2.67.